The van der Waals surface area contributed by atoms with Gasteiger partial charge in [0.1, 0.15) is 5.75 Å². The van der Waals surface area contributed by atoms with E-state index >= 15 is 0 Å². The second kappa shape index (κ2) is 10.00. The monoisotopic (exact) mass is 407 g/mol. The lowest BCUT2D eigenvalue weighted by atomic mass is 10.2. The van der Waals surface area contributed by atoms with Crippen molar-refractivity contribution in [3.8, 4) is 5.75 Å². The summed E-state index contributed by atoms with van der Waals surface area (Å²) in [4.78, 5) is 24.2. The van der Waals surface area contributed by atoms with Gasteiger partial charge in [0.15, 0.2) is 6.10 Å². The predicted octanol–water partition coefficient (Wildman–Crippen LogP) is 4.98. The smallest absolute Gasteiger partial charge is 0.331 e. The topological polar surface area (TPSA) is 64.6 Å². The van der Waals surface area contributed by atoms with Crippen LogP contribution in [0.3, 0.4) is 0 Å². The molecule has 0 fully saturated rings. The van der Waals surface area contributed by atoms with Crippen molar-refractivity contribution in [2.75, 3.05) is 11.9 Å². The Kier molecular flexibility index (Phi) is 7.70. The van der Waals surface area contributed by atoms with Crippen LogP contribution in [0.15, 0.2) is 48.5 Å². The molecule has 0 aliphatic carbocycles. The van der Waals surface area contributed by atoms with Gasteiger partial charge in [-0.3, -0.25) is 4.79 Å². The third-order valence-electron chi connectivity index (χ3n) is 3.46. The minimum atomic E-state index is -0.981. The van der Waals surface area contributed by atoms with Gasteiger partial charge in [0.25, 0.3) is 5.91 Å². The van der Waals surface area contributed by atoms with Gasteiger partial charge in [0, 0.05) is 6.08 Å². The number of hydrogen-bond acceptors (Lipinski definition) is 4. The minimum absolute atomic E-state index is 0.382. The largest absolute Gasteiger partial charge is 0.492 e. The van der Waals surface area contributed by atoms with Crippen LogP contribution in [0, 0.1) is 0 Å². The van der Waals surface area contributed by atoms with E-state index in [2.05, 4.69) is 5.32 Å². The Balaban J connectivity index is 1.94. The zero-order valence-corrected chi connectivity index (χ0v) is 16.4. The summed E-state index contributed by atoms with van der Waals surface area (Å²) in [7, 11) is 0. The van der Waals surface area contributed by atoms with E-state index in [1.54, 1.807) is 42.5 Å². The molecule has 0 radical (unpaired) electrons. The van der Waals surface area contributed by atoms with Crippen LogP contribution >= 0.6 is 23.2 Å². The van der Waals surface area contributed by atoms with E-state index in [0.717, 1.165) is 0 Å². The molecule has 2 aromatic carbocycles. The van der Waals surface area contributed by atoms with Crippen LogP contribution in [0.4, 0.5) is 5.69 Å². The second-order valence-corrected chi connectivity index (χ2v) is 6.32. The molecule has 0 heterocycles. The van der Waals surface area contributed by atoms with E-state index in [0.29, 0.717) is 33.7 Å². The first-order valence-electron chi connectivity index (χ1n) is 8.27. The maximum atomic E-state index is 12.3. The molecule has 27 heavy (non-hydrogen) atoms. The lowest BCUT2D eigenvalue weighted by Gasteiger charge is -2.15. The average molecular weight is 408 g/mol. The predicted molar refractivity (Wildman–Crippen MR) is 107 cm³/mol. The van der Waals surface area contributed by atoms with Crippen LogP contribution in [0.25, 0.3) is 6.08 Å². The van der Waals surface area contributed by atoms with Gasteiger partial charge in [-0.15, -0.1) is 0 Å². The Morgan fingerprint density at radius 2 is 1.89 bits per heavy atom. The van der Waals surface area contributed by atoms with Crippen LogP contribution in [-0.2, 0) is 14.3 Å². The third-order valence-corrected chi connectivity index (χ3v) is 4.20. The molecule has 0 saturated heterocycles. The van der Waals surface area contributed by atoms with Gasteiger partial charge in [-0.2, -0.15) is 0 Å². The summed E-state index contributed by atoms with van der Waals surface area (Å²) in [6.45, 7) is 3.81. The maximum absolute atomic E-state index is 12.3. The van der Waals surface area contributed by atoms with Gasteiger partial charge in [0.2, 0.25) is 0 Å². The number of benzene rings is 2. The number of amides is 1. The summed E-state index contributed by atoms with van der Waals surface area (Å²) >= 11 is 11.8. The summed E-state index contributed by atoms with van der Waals surface area (Å²) in [5.41, 5.74) is 1.20. The SMILES string of the molecule is CCOc1ccccc1NC(=O)C(C)OC(=O)/C=C/c1ccc(Cl)c(Cl)c1. The van der Waals surface area contributed by atoms with Crippen molar-refractivity contribution in [1.29, 1.82) is 0 Å². The molecule has 7 heteroatoms. The van der Waals surface area contributed by atoms with Gasteiger partial charge < -0.3 is 14.8 Å². The highest BCUT2D eigenvalue weighted by atomic mass is 35.5. The number of rotatable bonds is 7. The molecule has 1 N–H and O–H groups in total. The lowest BCUT2D eigenvalue weighted by molar-refractivity contribution is -0.148. The fourth-order valence-corrected chi connectivity index (χ4v) is 2.44. The number of nitrogens with one attached hydrogen (secondary N) is 1. The summed E-state index contributed by atoms with van der Waals surface area (Å²) < 4.78 is 10.6. The number of ether oxygens (including phenoxy) is 2. The fraction of sp³-hybridized carbons (Fsp3) is 0.200. The van der Waals surface area contributed by atoms with Crippen molar-refractivity contribution in [2.45, 2.75) is 20.0 Å². The molecule has 1 atom stereocenters. The number of anilines is 1. The molecular weight excluding hydrogens is 389 g/mol. The summed E-state index contributed by atoms with van der Waals surface area (Å²) in [6, 6.07) is 12.0. The number of esters is 1. The Hall–Kier alpha value is -2.50. The molecule has 2 aromatic rings. The highest BCUT2D eigenvalue weighted by molar-refractivity contribution is 6.42. The number of carbonyl (C=O) groups excluding carboxylic acids is 2. The first kappa shape index (κ1) is 20.8. The second-order valence-electron chi connectivity index (χ2n) is 5.50. The van der Waals surface area contributed by atoms with Gasteiger partial charge in [-0.1, -0.05) is 41.4 Å². The van der Waals surface area contributed by atoms with E-state index in [4.69, 9.17) is 32.7 Å². The van der Waals surface area contributed by atoms with Crippen molar-refractivity contribution in [2.24, 2.45) is 0 Å². The van der Waals surface area contributed by atoms with E-state index < -0.39 is 18.0 Å². The normalized spacial score (nSPS) is 11.9. The standard InChI is InChI=1S/C20H19Cl2NO4/c1-3-26-18-7-5-4-6-17(18)23-20(25)13(2)27-19(24)11-9-14-8-10-15(21)16(22)12-14/h4-13H,3H2,1-2H3,(H,23,25)/b11-9+. The van der Waals surface area contributed by atoms with Crippen LogP contribution in [0.1, 0.15) is 19.4 Å². The summed E-state index contributed by atoms with van der Waals surface area (Å²) in [6.07, 6.45) is 1.77. The van der Waals surface area contributed by atoms with Crippen molar-refractivity contribution >= 4 is 46.8 Å². The molecule has 1 amide bonds. The van der Waals surface area contributed by atoms with Crippen LogP contribution in [0.2, 0.25) is 10.0 Å². The van der Waals surface area contributed by atoms with E-state index in [9.17, 15) is 9.59 Å². The molecule has 0 bridgehead atoms. The molecule has 2 rings (SSSR count). The zero-order valence-electron chi connectivity index (χ0n) is 14.9. The van der Waals surface area contributed by atoms with Crippen molar-refractivity contribution in [1.82, 2.24) is 0 Å². The molecule has 1 unspecified atom stereocenters. The average Bonchev–Trinajstić information content (AvgIpc) is 2.64. The molecule has 0 saturated carbocycles. The maximum Gasteiger partial charge on any atom is 0.331 e. The molecule has 142 valence electrons. The van der Waals surface area contributed by atoms with Crippen LogP contribution in [0.5, 0.6) is 5.75 Å². The van der Waals surface area contributed by atoms with Crippen molar-refractivity contribution < 1.29 is 19.1 Å². The fourth-order valence-electron chi connectivity index (χ4n) is 2.13. The van der Waals surface area contributed by atoms with E-state index in [1.165, 1.54) is 19.1 Å². The molecule has 0 aromatic heterocycles. The van der Waals surface area contributed by atoms with Crippen LogP contribution < -0.4 is 10.1 Å². The van der Waals surface area contributed by atoms with Crippen molar-refractivity contribution in [3.05, 3.63) is 64.1 Å². The van der Waals surface area contributed by atoms with Crippen LogP contribution in [-0.4, -0.2) is 24.6 Å². The number of carbonyl (C=O) groups is 2. The summed E-state index contributed by atoms with van der Waals surface area (Å²) in [5, 5.41) is 3.50. The zero-order chi connectivity index (χ0) is 19.8. The number of hydrogen-bond donors (Lipinski definition) is 1. The number of para-hydroxylation sites is 2. The Labute approximate surface area is 167 Å². The summed E-state index contributed by atoms with van der Waals surface area (Å²) in [5.74, 6) is -0.563. The molecule has 0 aliphatic rings. The first-order valence-corrected chi connectivity index (χ1v) is 9.02. The Morgan fingerprint density at radius 3 is 2.59 bits per heavy atom. The first-order chi connectivity index (χ1) is 12.9. The Bertz CT molecular complexity index is 852. The van der Waals surface area contributed by atoms with Gasteiger partial charge in [0.05, 0.1) is 22.3 Å². The highest BCUT2D eigenvalue weighted by Crippen LogP contribution is 2.24. The highest BCUT2D eigenvalue weighted by Gasteiger charge is 2.18. The van der Waals surface area contributed by atoms with E-state index in [-0.39, 0.29) is 0 Å². The van der Waals surface area contributed by atoms with Crippen molar-refractivity contribution in [3.63, 3.8) is 0 Å². The Morgan fingerprint density at radius 1 is 1.15 bits per heavy atom. The number of halogens is 2. The molecule has 0 aliphatic heterocycles. The third kappa shape index (κ3) is 6.31. The quantitative estimate of drug-likeness (QED) is 0.519. The molecular formula is C20H19Cl2NO4. The molecule has 5 nitrogen and oxygen atoms in total. The van der Waals surface area contributed by atoms with Gasteiger partial charge in [-0.25, -0.2) is 4.79 Å². The lowest BCUT2D eigenvalue weighted by Crippen LogP contribution is -2.29. The van der Waals surface area contributed by atoms with E-state index in [1.807, 2.05) is 6.92 Å². The van der Waals surface area contributed by atoms with Gasteiger partial charge in [-0.05, 0) is 49.8 Å². The van der Waals surface area contributed by atoms with Gasteiger partial charge >= 0.3 is 5.97 Å². The molecule has 0 spiro atoms. The minimum Gasteiger partial charge on any atom is -0.492 e.